The lowest BCUT2D eigenvalue weighted by atomic mass is 10.1. The molecular formula is C8H14N4O3S. The molecule has 1 aromatic rings. The zero-order chi connectivity index (χ0) is 12.3. The monoisotopic (exact) mass is 246 g/mol. The summed E-state index contributed by atoms with van der Waals surface area (Å²) in [6, 6.07) is -0.841. The number of carbonyl (C=O) groups is 1. The van der Waals surface area contributed by atoms with Crippen LogP contribution in [0, 0.1) is 0 Å². The molecule has 0 aliphatic heterocycles. The Kier molecular flexibility index (Phi) is 3.76. The van der Waals surface area contributed by atoms with Gasteiger partial charge in [-0.05, 0) is 6.42 Å². The molecule has 0 bridgehead atoms. The van der Waals surface area contributed by atoms with Crippen molar-refractivity contribution < 1.29 is 13.2 Å². The molecule has 0 amide bonds. The van der Waals surface area contributed by atoms with Gasteiger partial charge in [0, 0.05) is 13.3 Å². The Morgan fingerprint density at radius 1 is 1.62 bits per heavy atom. The summed E-state index contributed by atoms with van der Waals surface area (Å²) in [5.74, 6) is -0.457. The first-order valence-electron chi connectivity index (χ1n) is 4.63. The smallest absolute Gasteiger partial charge is 0.199 e. The molecule has 16 heavy (non-hydrogen) atoms. The van der Waals surface area contributed by atoms with Crippen molar-refractivity contribution in [2.24, 2.45) is 12.8 Å². The Morgan fingerprint density at radius 2 is 2.25 bits per heavy atom. The molecule has 90 valence electrons. The molecule has 7 nitrogen and oxygen atoms in total. The van der Waals surface area contributed by atoms with E-state index in [9.17, 15) is 13.2 Å². The normalized spacial score (nSPS) is 13.7. The highest BCUT2D eigenvalue weighted by Crippen LogP contribution is 2.03. The van der Waals surface area contributed by atoms with Crippen molar-refractivity contribution in [2.45, 2.75) is 12.5 Å². The summed E-state index contributed by atoms with van der Waals surface area (Å²) in [4.78, 5) is 11.7. The van der Waals surface area contributed by atoms with Crippen molar-refractivity contribution in [1.29, 1.82) is 0 Å². The van der Waals surface area contributed by atoms with Crippen LogP contribution in [0.2, 0.25) is 0 Å². The molecule has 1 aromatic heterocycles. The SMILES string of the molecule is Cn1nncc1C(=O)C(N)CCS(C)(=O)=O. The highest BCUT2D eigenvalue weighted by atomic mass is 32.2. The van der Waals surface area contributed by atoms with Crippen LogP contribution in [-0.4, -0.2) is 47.2 Å². The molecule has 0 aliphatic rings. The van der Waals surface area contributed by atoms with Crippen molar-refractivity contribution in [3.05, 3.63) is 11.9 Å². The maximum Gasteiger partial charge on any atom is 0.199 e. The Balaban J connectivity index is 2.66. The van der Waals surface area contributed by atoms with Gasteiger partial charge in [0.1, 0.15) is 15.5 Å². The summed E-state index contributed by atoms with van der Waals surface area (Å²) in [6.45, 7) is 0. The van der Waals surface area contributed by atoms with E-state index >= 15 is 0 Å². The van der Waals surface area contributed by atoms with E-state index in [1.165, 1.54) is 10.9 Å². The largest absolute Gasteiger partial charge is 0.321 e. The van der Waals surface area contributed by atoms with E-state index in [2.05, 4.69) is 10.3 Å². The molecule has 0 aromatic carbocycles. The van der Waals surface area contributed by atoms with E-state index in [1.54, 1.807) is 7.05 Å². The third-order valence-electron chi connectivity index (χ3n) is 2.10. The third-order valence-corrected chi connectivity index (χ3v) is 3.08. The summed E-state index contributed by atoms with van der Waals surface area (Å²) in [6.07, 6.45) is 2.52. The Hall–Kier alpha value is -1.28. The van der Waals surface area contributed by atoms with Gasteiger partial charge in [0.25, 0.3) is 0 Å². The molecule has 1 atom stereocenters. The molecule has 0 radical (unpaired) electrons. The number of hydrogen-bond donors (Lipinski definition) is 1. The number of carbonyl (C=O) groups excluding carboxylic acids is 1. The number of rotatable bonds is 5. The van der Waals surface area contributed by atoms with Gasteiger partial charge in [0.15, 0.2) is 5.78 Å². The average molecular weight is 246 g/mol. The Bertz CT molecular complexity index is 479. The molecule has 0 spiro atoms. The van der Waals surface area contributed by atoms with Gasteiger partial charge < -0.3 is 5.73 Å². The van der Waals surface area contributed by atoms with Gasteiger partial charge in [-0.25, -0.2) is 13.1 Å². The Morgan fingerprint density at radius 3 is 2.69 bits per heavy atom. The molecule has 0 fully saturated rings. The summed E-state index contributed by atoms with van der Waals surface area (Å²) < 4.78 is 23.1. The first-order chi connectivity index (χ1) is 7.31. The number of sulfone groups is 1. The summed E-state index contributed by atoms with van der Waals surface area (Å²) in [7, 11) is -1.53. The molecule has 1 rings (SSSR count). The predicted molar refractivity (Wildman–Crippen MR) is 57.6 cm³/mol. The first kappa shape index (κ1) is 12.8. The van der Waals surface area contributed by atoms with Crippen LogP contribution in [-0.2, 0) is 16.9 Å². The number of aromatic nitrogens is 3. The zero-order valence-electron chi connectivity index (χ0n) is 9.12. The van der Waals surface area contributed by atoms with Gasteiger partial charge >= 0.3 is 0 Å². The molecule has 1 heterocycles. The lowest BCUT2D eigenvalue weighted by Gasteiger charge is -2.08. The fourth-order valence-corrected chi connectivity index (χ4v) is 1.86. The van der Waals surface area contributed by atoms with Crippen molar-refractivity contribution >= 4 is 15.6 Å². The van der Waals surface area contributed by atoms with Gasteiger partial charge in [0.05, 0.1) is 18.0 Å². The summed E-state index contributed by atoms with van der Waals surface area (Å²) in [5, 5.41) is 7.15. The summed E-state index contributed by atoms with van der Waals surface area (Å²) >= 11 is 0. The van der Waals surface area contributed by atoms with Crippen molar-refractivity contribution in [2.75, 3.05) is 12.0 Å². The highest BCUT2D eigenvalue weighted by molar-refractivity contribution is 7.90. The average Bonchev–Trinajstić information content (AvgIpc) is 2.58. The minimum atomic E-state index is -3.10. The molecular weight excluding hydrogens is 232 g/mol. The fraction of sp³-hybridized carbons (Fsp3) is 0.625. The number of ketones is 1. The van der Waals surface area contributed by atoms with Gasteiger partial charge in [-0.15, -0.1) is 5.10 Å². The maximum absolute atomic E-state index is 11.7. The zero-order valence-corrected chi connectivity index (χ0v) is 9.94. The summed E-state index contributed by atoms with van der Waals surface area (Å²) in [5.41, 5.74) is 5.88. The number of nitrogens with zero attached hydrogens (tertiary/aromatic N) is 3. The van der Waals surface area contributed by atoms with Crippen LogP contribution in [0.4, 0.5) is 0 Å². The highest BCUT2D eigenvalue weighted by Gasteiger charge is 2.20. The van der Waals surface area contributed by atoms with Crippen molar-refractivity contribution in [3.8, 4) is 0 Å². The second-order valence-electron chi connectivity index (χ2n) is 3.63. The topological polar surface area (TPSA) is 108 Å². The second-order valence-corrected chi connectivity index (χ2v) is 5.89. The number of Topliss-reactive ketones (excluding diaryl/α,β-unsaturated/α-hetero) is 1. The maximum atomic E-state index is 11.7. The van der Waals surface area contributed by atoms with Crippen LogP contribution in [0.1, 0.15) is 16.9 Å². The van der Waals surface area contributed by atoms with E-state index < -0.39 is 15.9 Å². The molecule has 2 N–H and O–H groups in total. The van der Waals surface area contributed by atoms with Crippen LogP contribution < -0.4 is 5.73 Å². The van der Waals surface area contributed by atoms with Crippen LogP contribution in [0.5, 0.6) is 0 Å². The minimum absolute atomic E-state index is 0.100. The minimum Gasteiger partial charge on any atom is -0.321 e. The van der Waals surface area contributed by atoms with Crippen LogP contribution in [0.25, 0.3) is 0 Å². The lowest BCUT2D eigenvalue weighted by molar-refractivity contribution is 0.0950. The van der Waals surface area contributed by atoms with E-state index in [0.29, 0.717) is 0 Å². The van der Waals surface area contributed by atoms with Crippen LogP contribution in [0.15, 0.2) is 6.20 Å². The van der Waals surface area contributed by atoms with Gasteiger partial charge in [-0.1, -0.05) is 5.21 Å². The van der Waals surface area contributed by atoms with Gasteiger partial charge in [-0.2, -0.15) is 0 Å². The number of nitrogens with two attached hydrogens (primary N) is 1. The molecule has 0 saturated heterocycles. The lowest BCUT2D eigenvalue weighted by Crippen LogP contribution is -2.33. The van der Waals surface area contributed by atoms with Crippen molar-refractivity contribution in [3.63, 3.8) is 0 Å². The van der Waals surface area contributed by atoms with Crippen molar-refractivity contribution in [1.82, 2.24) is 15.0 Å². The van der Waals surface area contributed by atoms with Gasteiger partial charge in [-0.3, -0.25) is 4.79 Å². The van der Waals surface area contributed by atoms with Gasteiger partial charge in [0.2, 0.25) is 0 Å². The number of hydrogen-bond acceptors (Lipinski definition) is 6. The third kappa shape index (κ3) is 3.38. The van der Waals surface area contributed by atoms with E-state index in [1.807, 2.05) is 0 Å². The van der Waals surface area contributed by atoms with E-state index in [4.69, 9.17) is 5.73 Å². The fourth-order valence-electron chi connectivity index (χ4n) is 1.17. The standard InChI is InChI=1S/C8H14N4O3S/c1-12-7(5-10-11-12)8(13)6(9)3-4-16(2,14)15/h5-6H,3-4,9H2,1-2H3. The quantitative estimate of drug-likeness (QED) is 0.651. The molecule has 0 aliphatic carbocycles. The Labute approximate surface area is 93.5 Å². The number of aryl methyl sites for hydroxylation is 1. The molecule has 0 saturated carbocycles. The van der Waals surface area contributed by atoms with Crippen LogP contribution in [0.3, 0.4) is 0 Å². The molecule has 1 unspecified atom stereocenters. The van der Waals surface area contributed by atoms with Crippen LogP contribution >= 0.6 is 0 Å². The van der Waals surface area contributed by atoms with E-state index in [-0.39, 0.29) is 23.7 Å². The predicted octanol–water partition coefficient (Wildman–Crippen LogP) is -1.24. The molecule has 8 heteroatoms. The van der Waals surface area contributed by atoms with E-state index in [0.717, 1.165) is 6.26 Å². The first-order valence-corrected chi connectivity index (χ1v) is 6.69. The second kappa shape index (κ2) is 4.71.